The van der Waals surface area contributed by atoms with Crippen molar-refractivity contribution < 1.29 is 8.42 Å². The maximum atomic E-state index is 12.8. The van der Waals surface area contributed by atoms with Gasteiger partial charge in [0.1, 0.15) is 5.82 Å². The number of rotatable bonds is 6. The molecule has 1 fully saturated rings. The van der Waals surface area contributed by atoms with Gasteiger partial charge < -0.3 is 4.98 Å². The lowest BCUT2D eigenvalue weighted by atomic mass is 9.93. The molecule has 9 heteroatoms. The predicted octanol–water partition coefficient (Wildman–Crippen LogP) is 3.07. The van der Waals surface area contributed by atoms with E-state index in [4.69, 9.17) is 0 Å². The molecule has 0 bridgehead atoms. The maximum absolute atomic E-state index is 12.8. The van der Waals surface area contributed by atoms with Gasteiger partial charge in [-0.1, -0.05) is 37.1 Å². The van der Waals surface area contributed by atoms with Gasteiger partial charge in [0.2, 0.25) is 10.0 Å². The van der Waals surface area contributed by atoms with E-state index in [1.165, 1.54) is 0 Å². The summed E-state index contributed by atoms with van der Waals surface area (Å²) in [5, 5.41) is 8.82. The van der Waals surface area contributed by atoms with Gasteiger partial charge >= 0.3 is 0 Å². The van der Waals surface area contributed by atoms with Crippen molar-refractivity contribution in [2.24, 2.45) is 5.92 Å². The molecule has 2 N–H and O–H groups in total. The Morgan fingerprint density at radius 2 is 2.20 bits per heavy atom. The van der Waals surface area contributed by atoms with Gasteiger partial charge in [-0.05, 0) is 37.7 Å². The molecule has 0 aliphatic heterocycles. The minimum Gasteiger partial charge on any atom is -0.345 e. The highest BCUT2D eigenvalue weighted by Gasteiger charge is 2.38. The Balaban J connectivity index is 1.40. The lowest BCUT2D eigenvalue weighted by molar-refractivity contribution is 0.449. The first kappa shape index (κ1) is 19.4. The first-order chi connectivity index (χ1) is 14.5. The van der Waals surface area contributed by atoms with Crippen molar-refractivity contribution in [3.8, 4) is 0 Å². The van der Waals surface area contributed by atoms with E-state index >= 15 is 0 Å². The SMILES string of the molecule is CC[C@@H]1C[C@H](NS(=O)(=O)CC2=CC=CCC2)C[C@@H]1c1nnc2cnc3[nH]ccc3n12. The quantitative estimate of drug-likeness (QED) is 0.630. The summed E-state index contributed by atoms with van der Waals surface area (Å²) in [6, 6.07) is 1.89. The van der Waals surface area contributed by atoms with Crippen LogP contribution in [0.25, 0.3) is 16.8 Å². The average molecular weight is 427 g/mol. The Morgan fingerprint density at radius 3 is 3.00 bits per heavy atom. The highest BCUT2D eigenvalue weighted by atomic mass is 32.2. The monoisotopic (exact) mass is 426 g/mol. The molecule has 0 aromatic carbocycles. The highest BCUT2D eigenvalue weighted by Crippen LogP contribution is 2.41. The van der Waals surface area contributed by atoms with Gasteiger partial charge in [-0.25, -0.2) is 18.1 Å². The van der Waals surface area contributed by atoms with Crippen molar-refractivity contribution in [2.75, 3.05) is 5.75 Å². The summed E-state index contributed by atoms with van der Waals surface area (Å²) in [5.74, 6) is 1.48. The number of hydrogen-bond donors (Lipinski definition) is 2. The molecule has 158 valence electrons. The molecular formula is C21H26N6O2S. The third-order valence-electron chi connectivity index (χ3n) is 6.34. The molecule has 8 nitrogen and oxygen atoms in total. The molecule has 2 aliphatic carbocycles. The third kappa shape index (κ3) is 3.56. The number of aromatic amines is 1. The molecule has 0 spiro atoms. The fourth-order valence-corrected chi connectivity index (χ4v) is 6.45. The second-order valence-corrected chi connectivity index (χ2v) is 10.1. The summed E-state index contributed by atoms with van der Waals surface area (Å²) in [6.07, 6.45) is 13.7. The number of sulfonamides is 1. The Morgan fingerprint density at radius 1 is 1.30 bits per heavy atom. The van der Waals surface area contributed by atoms with Crippen LogP contribution in [-0.2, 0) is 10.0 Å². The minimum atomic E-state index is -3.37. The largest absolute Gasteiger partial charge is 0.345 e. The Hall–Kier alpha value is -2.52. The summed E-state index contributed by atoms with van der Waals surface area (Å²) in [5.41, 5.74) is 3.43. The van der Waals surface area contributed by atoms with E-state index in [0.29, 0.717) is 11.6 Å². The second kappa shape index (κ2) is 7.63. The first-order valence-corrected chi connectivity index (χ1v) is 12.2. The first-order valence-electron chi connectivity index (χ1n) is 10.6. The zero-order valence-corrected chi connectivity index (χ0v) is 17.8. The van der Waals surface area contributed by atoms with Crippen molar-refractivity contribution in [3.63, 3.8) is 0 Å². The van der Waals surface area contributed by atoms with Crippen LogP contribution in [0, 0.1) is 5.92 Å². The summed E-state index contributed by atoms with van der Waals surface area (Å²) >= 11 is 0. The molecule has 0 saturated heterocycles. The van der Waals surface area contributed by atoms with Crippen LogP contribution in [0.3, 0.4) is 0 Å². The zero-order valence-electron chi connectivity index (χ0n) is 17.0. The molecule has 3 atom stereocenters. The Bertz CT molecular complexity index is 1240. The van der Waals surface area contributed by atoms with E-state index in [1.54, 1.807) is 6.20 Å². The van der Waals surface area contributed by atoms with Crippen molar-refractivity contribution in [2.45, 2.75) is 51.0 Å². The second-order valence-electron chi connectivity index (χ2n) is 8.33. The normalized spacial score (nSPS) is 24.7. The van der Waals surface area contributed by atoms with Crippen molar-refractivity contribution in [1.29, 1.82) is 0 Å². The van der Waals surface area contributed by atoms with Crippen LogP contribution in [0.2, 0.25) is 0 Å². The molecule has 30 heavy (non-hydrogen) atoms. The standard InChI is InChI=1S/C21H26N6O2S/c1-2-15-10-16(26-30(28,29)13-14-6-4-3-5-7-14)11-17(15)21-25-24-19-12-23-20-18(27(19)21)8-9-22-20/h3-4,6,8-9,12,15-17,22,26H,2,5,7,10-11,13H2,1H3/t15-,16+,17+/m1/s1. The van der Waals surface area contributed by atoms with Gasteiger partial charge in [-0.2, -0.15) is 0 Å². The van der Waals surface area contributed by atoms with E-state index in [1.807, 2.05) is 24.4 Å². The van der Waals surface area contributed by atoms with Gasteiger partial charge in [-0.3, -0.25) is 4.40 Å². The molecule has 3 aromatic rings. The molecule has 0 unspecified atom stereocenters. The van der Waals surface area contributed by atoms with Crippen LogP contribution in [0.15, 0.2) is 42.3 Å². The molecule has 2 aliphatic rings. The van der Waals surface area contributed by atoms with Crippen molar-refractivity contribution >= 4 is 26.8 Å². The third-order valence-corrected chi connectivity index (χ3v) is 7.78. The molecule has 3 aromatic heterocycles. The number of allylic oxidation sites excluding steroid dienone is 3. The smallest absolute Gasteiger partial charge is 0.215 e. The van der Waals surface area contributed by atoms with Gasteiger partial charge in [0, 0.05) is 18.2 Å². The topological polar surface area (TPSA) is 105 Å². The Labute approximate surface area is 175 Å². The van der Waals surface area contributed by atoms with Crippen LogP contribution >= 0.6 is 0 Å². The lowest BCUT2D eigenvalue weighted by Gasteiger charge is -2.16. The molecular weight excluding hydrogens is 400 g/mol. The molecule has 0 radical (unpaired) electrons. The molecule has 3 heterocycles. The van der Waals surface area contributed by atoms with Crippen molar-refractivity contribution in [1.82, 2.24) is 29.3 Å². The van der Waals surface area contributed by atoms with Gasteiger partial charge in [-0.15, -0.1) is 10.2 Å². The summed E-state index contributed by atoms with van der Waals surface area (Å²) in [4.78, 5) is 7.52. The van der Waals surface area contributed by atoms with Gasteiger partial charge in [0.05, 0.1) is 17.5 Å². The summed E-state index contributed by atoms with van der Waals surface area (Å²) < 4.78 is 30.6. The summed E-state index contributed by atoms with van der Waals surface area (Å²) in [7, 11) is -3.37. The average Bonchev–Trinajstić information content (AvgIpc) is 3.44. The number of hydrogen-bond acceptors (Lipinski definition) is 5. The number of H-pyrrole nitrogens is 1. The van der Waals surface area contributed by atoms with Crippen LogP contribution < -0.4 is 4.72 Å². The summed E-state index contributed by atoms with van der Waals surface area (Å²) in [6.45, 7) is 2.16. The van der Waals surface area contributed by atoms with Crippen molar-refractivity contribution in [3.05, 3.63) is 48.1 Å². The van der Waals surface area contributed by atoms with Crippen LogP contribution in [0.1, 0.15) is 50.8 Å². The fourth-order valence-electron chi connectivity index (χ4n) is 4.94. The van der Waals surface area contributed by atoms with E-state index in [2.05, 4.69) is 42.3 Å². The van der Waals surface area contributed by atoms with E-state index in [9.17, 15) is 8.42 Å². The van der Waals surface area contributed by atoms with Crippen LogP contribution in [-0.4, -0.2) is 44.8 Å². The number of fused-ring (bicyclic) bond motifs is 3. The van der Waals surface area contributed by atoms with Crippen LogP contribution in [0.5, 0.6) is 0 Å². The lowest BCUT2D eigenvalue weighted by Crippen LogP contribution is -2.35. The van der Waals surface area contributed by atoms with Gasteiger partial charge in [0.15, 0.2) is 11.3 Å². The van der Waals surface area contributed by atoms with E-state index in [0.717, 1.165) is 54.7 Å². The maximum Gasteiger partial charge on any atom is 0.215 e. The number of nitrogens with zero attached hydrogens (tertiary/aromatic N) is 4. The van der Waals surface area contributed by atoms with Crippen LogP contribution in [0.4, 0.5) is 0 Å². The minimum absolute atomic E-state index is 0.0821. The predicted molar refractivity (Wildman–Crippen MR) is 116 cm³/mol. The van der Waals surface area contributed by atoms with Gasteiger partial charge in [0.25, 0.3) is 0 Å². The molecule has 0 amide bonds. The number of aromatic nitrogens is 5. The molecule has 1 saturated carbocycles. The van der Waals surface area contributed by atoms with E-state index < -0.39 is 10.0 Å². The fraction of sp³-hybridized carbons (Fsp3) is 0.476. The van der Waals surface area contributed by atoms with E-state index in [-0.39, 0.29) is 17.7 Å². The molecule has 5 rings (SSSR count). The highest BCUT2D eigenvalue weighted by molar-refractivity contribution is 7.89. The number of nitrogens with one attached hydrogen (secondary N) is 2. The zero-order chi connectivity index (χ0) is 20.7. The Kier molecular flexibility index (Phi) is 4.94.